The second kappa shape index (κ2) is 9.61. The van der Waals surface area contributed by atoms with Crippen LogP contribution in [0.4, 0.5) is 4.39 Å². The third-order valence-corrected chi connectivity index (χ3v) is 5.26. The van der Waals surface area contributed by atoms with Gasteiger partial charge in [-0.2, -0.15) is 0 Å². The maximum atomic E-state index is 14.2. The van der Waals surface area contributed by atoms with E-state index >= 15 is 0 Å². The van der Waals surface area contributed by atoms with E-state index in [0.29, 0.717) is 5.56 Å². The molecule has 1 aromatic rings. The Morgan fingerprint density at radius 1 is 1.22 bits per heavy atom. The second-order valence-electron chi connectivity index (χ2n) is 6.55. The minimum absolute atomic E-state index is 0. The molecule has 132 valence electrons. The number of hydrogen-bond acceptors (Lipinski definition) is 2. The zero-order chi connectivity index (χ0) is 16.0. The van der Waals surface area contributed by atoms with Gasteiger partial charge in [-0.15, -0.1) is 12.4 Å². The summed E-state index contributed by atoms with van der Waals surface area (Å²) in [6.45, 7) is 7.44. The SMILES string of the molecule is CCN(CC)CCC[C@]1(O)CCCC[C@H]1c1ccccc1F.Cl. The third kappa shape index (κ3) is 5.17. The summed E-state index contributed by atoms with van der Waals surface area (Å²) in [4.78, 5) is 2.38. The summed E-state index contributed by atoms with van der Waals surface area (Å²) in [7, 11) is 0. The predicted octanol–water partition coefficient (Wildman–Crippen LogP) is 4.76. The topological polar surface area (TPSA) is 23.5 Å². The van der Waals surface area contributed by atoms with Gasteiger partial charge < -0.3 is 10.0 Å². The molecule has 0 unspecified atom stereocenters. The predicted molar refractivity (Wildman–Crippen MR) is 96.8 cm³/mol. The average molecular weight is 344 g/mol. The molecule has 0 spiro atoms. The monoisotopic (exact) mass is 343 g/mol. The van der Waals surface area contributed by atoms with E-state index in [0.717, 1.165) is 58.2 Å². The summed E-state index contributed by atoms with van der Waals surface area (Å²) in [5.41, 5.74) is -0.0410. The van der Waals surface area contributed by atoms with Gasteiger partial charge in [0.1, 0.15) is 5.82 Å². The van der Waals surface area contributed by atoms with Crippen LogP contribution < -0.4 is 0 Å². The van der Waals surface area contributed by atoms with Crippen LogP contribution in [0, 0.1) is 5.82 Å². The van der Waals surface area contributed by atoms with Crippen LogP contribution in [0.3, 0.4) is 0 Å². The van der Waals surface area contributed by atoms with Gasteiger partial charge >= 0.3 is 0 Å². The first-order chi connectivity index (χ1) is 10.6. The van der Waals surface area contributed by atoms with Gasteiger partial charge in [-0.05, 0) is 56.9 Å². The summed E-state index contributed by atoms with van der Waals surface area (Å²) in [6.07, 6.45) is 5.56. The molecule has 0 aliphatic heterocycles. The van der Waals surface area contributed by atoms with Crippen LogP contribution in [-0.4, -0.2) is 35.2 Å². The highest BCUT2D eigenvalue weighted by Crippen LogP contribution is 2.44. The Morgan fingerprint density at radius 2 is 1.91 bits per heavy atom. The fourth-order valence-corrected chi connectivity index (χ4v) is 3.87. The van der Waals surface area contributed by atoms with Crippen molar-refractivity contribution in [3.63, 3.8) is 0 Å². The van der Waals surface area contributed by atoms with Crippen molar-refractivity contribution in [2.45, 2.75) is 63.9 Å². The smallest absolute Gasteiger partial charge is 0.126 e. The minimum Gasteiger partial charge on any atom is -0.389 e. The number of benzene rings is 1. The number of aliphatic hydroxyl groups is 1. The van der Waals surface area contributed by atoms with Crippen molar-refractivity contribution in [3.05, 3.63) is 35.6 Å². The highest BCUT2D eigenvalue weighted by molar-refractivity contribution is 5.85. The molecule has 0 amide bonds. The molecule has 1 fully saturated rings. The van der Waals surface area contributed by atoms with Crippen molar-refractivity contribution in [2.24, 2.45) is 0 Å². The first-order valence-corrected chi connectivity index (χ1v) is 8.80. The summed E-state index contributed by atoms with van der Waals surface area (Å²) in [5.74, 6) is -0.226. The lowest BCUT2D eigenvalue weighted by molar-refractivity contribution is -0.0284. The van der Waals surface area contributed by atoms with E-state index in [1.165, 1.54) is 6.07 Å². The van der Waals surface area contributed by atoms with Crippen LogP contribution in [0.1, 0.15) is 63.9 Å². The molecule has 0 bridgehead atoms. The van der Waals surface area contributed by atoms with Crippen molar-refractivity contribution < 1.29 is 9.50 Å². The van der Waals surface area contributed by atoms with E-state index in [-0.39, 0.29) is 24.1 Å². The molecule has 1 N–H and O–H groups in total. The van der Waals surface area contributed by atoms with Crippen molar-refractivity contribution in [1.29, 1.82) is 0 Å². The largest absolute Gasteiger partial charge is 0.389 e. The van der Waals surface area contributed by atoms with Gasteiger partial charge in [0, 0.05) is 5.92 Å². The fourth-order valence-electron chi connectivity index (χ4n) is 3.87. The minimum atomic E-state index is -0.742. The van der Waals surface area contributed by atoms with Crippen LogP contribution in [0.5, 0.6) is 0 Å². The lowest BCUT2D eigenvalue weighted by Gasteiger charge is -2.41. The van der Waals surface area contributed by atoms with Crippen molar-refractivity contribution >= 4 is 12.4 Å². The van der Waals surface area contributed by atoms with E-state index in [1.54, 1.807) is 6.07 Å². The van der Waals surface area contributed by atoms with Gasteiger partial charge in [0.25, 0.3) is 0 Å². The molecule has 0 aromatic heterocycles. The van der Waals surface area contributed by atoms with Gasteiger partial charge in [0.15, 0.2) is 0 Å². The van der Waals surface area contributed by atoms with Gasteiger partial charge in [-0.3, -0.25) is 0 Å². The molecule has 1 saturated carbocycles. The number of rotatable bonds is 7. The highest BCUT2D eigenvalue weighted by atomic mass is 35.5. The van der Waals surface area contributed by atoms with Crippen LogP contribution in [0.15, 0.2) is 24.3 Å². The van der Waals surface area contributed by atoms with Crippen molar-refractivity contribution in [3.8, 4) is 0 Å². The molecular formula is C19H31ClFNO. The normalized spacial score (nSPS) is 24.5. The van der Waals surface area contributed by atoms with E-state index in [4.69, 9.17) is 0 Å². The molecule has 0 saturated heterocycles. The lowest BCUT2D eigenvalue weighted by Crippen LogP contribution is -2.40. The summed E-state index contributed by atoms with van der Waals surface area (Å²) in [5, 5.41) is 11.2. The molecule has 0 heterocycles. The molecule has 1 aliphatic carbocycles. The molecule has 4 heteroatoms. The van der Waals surface area contributed by atoms with Gasteiger partial charge in [0.2, 0.25) is 0 Å². The van der Waals surface area contributed by atoms with Crippen LogP contribution in [0.25, 0.3) is 0 Å². The third-order valence-electron chi connectivity index (χ3n) is 5.26. The zero-order valence-electron chi connectivity index (χ0n) is 14.4. The molecule has 0 radical (unpaired) electrons. The standard InChI is InChI=1S/C19H30FNO.ClH/c1-3-21(4-2)15-9-14-19(22)13-8-7-11-17(19)16-10-5-6-12-18(16)20;/h5-6,10,12,17,22H,3-4,7-9,11,13-15H2,1-2H3;1H/t17-,19+;/m0./s1. The van der Waals surface area contributed by atoms with Crippen LogP contribution >= 0.6 is 12.4 Å². The summed E-state index contributed by atoms with van der Waals surface area (Å²) >= 11 is 0. The lowest BCUT2D eigenvalue weighted by atomic mass is 9.70. The Labute approximate surface area is 146 Å². The number of hydrogen-bond donors (Lipinski definition) is 1. The maximum absolute atomic E-state index is 14.2. The molecule has 23 heavy (non-hydrogen) atoms. The highest BCUT2D eigenvalue weighted by Gasteiger charge is 2.40. The van der Waals surface area contributed by atoms with Crippen LogP contribution in [-0.2, 0) is 0 Å². The Bertz CT molecular complexity index is 466. The van der Waals surface area contributed by atoms with Crippen molar-refractivity contribution in [1.82, 2.24) is 4.90 Å². The first kappa shape index (κ1) is 20.4. The Balaban J connectivity index is 0.00000264. The molecule has 1 aromatic carbocycles. The summed E-state index contributed by atoms with van der Waals surface area (Å²) < 4.78 is 14.2. The number of nitrogens with zero attached hydrogens (tertiary/aromatic N) is 1. The maximum Gasteiger partial charge on any atom is 0.126 e. The molecule has 2 rings (SSSR count). The van der Waals surface area contributed by atoms with E-state index in [2.05, 4.69) is 18.7 Å². The van der Waals surface area contributed by atoms with Gasteiger partial charge in [-0.25, -0.2) is 4.39 Å². The average Bonchev–Trinajstić information content (AvgIpc) is 2.53. The van der Waals surface area contributed by atoms with E-state index < -0.39 is 5.60 Å². The Hall–Kier alpha value is -0.640. The zero-order valence-corrected chi connectivity index (χ0v) is 15.2. The van der Waals surface area contributed by atoms with Gasteiger partial charge in [-0.1, -0.05) is 44.9 Å². The second-order valence-corrected chi connectivity index (χ2v) is 6.55. The van der Waals surface area contributed by atoms with Gasteiger partial charge in [0.05, 0.1) is 5.60 Å². The molecular weight excluding hydrogens is 313 g/mol. The quantitative estimate of drug-likeness (QED) is 0.771. The first-order valence-electron chi connectivity index (χ1n) is 8.80. The Morgan fingerprint density at radius 3 is 2.57 bits per heavy atom. The molecule has 2 nitrogen and oxygen atoms in total. The van der Waals surface area contributed by atoms with Crippen LogP contribution in [0.2, 0.25) is 0 Å². The molecule has 2 atom stereocenters. The molecule has 1 aliphatic rings. The van der Waals surface area contributed by atoms with E-state index in [1.807, 2.05) is 12.1 Å². The van der Waals surface area contributed by atoms with Crippen molar-refractivity contribution in [2.75, 3.05) is 19.6 Å². The Kier molecular flexibility index (Phi) is 8.52. The van der Waals surface area contributed by atoms with E-state index in [9.17, 15) is 9.50 Å². The number of halogens is 2. The summed E-state index contributed by atoms with van der Waals surface area (Å²) in [6, 6.07) is 6.96. The fraction of sp³-hybridized carbons (Fsp3) is 0.684.